The highest BCUT2D eigenvalue weighted by molar-refractivity contribution is 8.01. The molecular weight excluding hydrogens is 234 g/mol. The summed E-state index contributed by atoms with van der Waals surface area (Å²) in [5.74, 6) is 3.40. The van der Waals surface area contributed by atoms with Crippen LogP contribution in [0.4, 0.5) is 0 Å². The summed E-state index contributed by atoms with van der Waals surface area (Å²) in [6, 6.07) is 8.46. The molecule has 0 bridgehead atoms. The van der Waals surface area contributed by atoms with Gasteiger partial charge in [0.05, 0.1) is 15.5 Å². The smallest absolute Gasteiger partial charge is 0.0855 e. The second-order valence-corrected chi connectivity index (χ2v) is 5.58. The summed E-state index contributed by atoms with van der Waals surface area (Å²) in [6.07, 6.45) is 7.41. The third kappa shape index (κ3) is 1.42. The van der Waals surface area contributed by atoms with E-state index in [2.05, 4.69) is 46.2 Å². The van der Waals surface area contributed by atoms with Gasteiger partial charge in [-0.1, -0.05) is 12.0 Å². The number of hydrogen-bond acceptors (Lipinski definition) is 2. The van der Waals surface area contributed by atoms with Crippen LogP contribution >= 0.6 is 23.1 Å². The number of rotatable bonds is 2. The van der Waals surface area contributed by atoms with Gasteiger partial charge in [-0.15, -0.1) is 29.5 Å². The number of hydrogen-bond donors (Lipinski definition) is 0. The van der Waals surface area contributed by atoms with E-state index in [1.807, 2.05) is 0 Å². The SMILES string of the molecule is C#CCSc1scc2cc3ccccn3c12. The van der Waals surface area contributed by atoms with E-state index < -0.39 is 0 Å². The number of aromatic nitrogens is 1. The van der Waals surface area contributed by atoms with Crippen LogP contribution in [-0.4, -0.2) is 10.2 Å². The minimum absolute atomic E-state index is 0.732. The summed E-state index contributed by atoms with van der Waals surface area (Å²) in [6.45, 7) is 0. The van der Waals surface area contributed by atoms with Crippen molar-refractivity contribution < 1.29 is 0 Å². The van der Waals surface area contributed by atoms with Gasteiger partial charge in [-0.3, -0.25) is 0 Å². The Balaban J connectivity index is 2.26. The van der Waals surface area contributed by atoms with E-state index >= 15 is 0 Å². The fourth-order valence-electron chi connectivity index (χ4n) is 1.83. The zero-order chi connectivity index (χ0) is 11.0. The van der Waals surface area contributed by atoms with E-state index in [0.29, 0.717) is 0 Å². The van der Waals surface area contributed by atoms with Crippen molar-refractivity contribution in [3.05, 3.63) is 35.8 Å². The van der Waals surface area contributed by atoms with Crippen molar-refractivity contribution in [3.63, 3.8) is 0 Å². The van der Waals surface area contributed by atoms with Gasteiger partial charge >= 0.3 is 0 Å². The first-order valence-corrected chi connectivity index (χ1v) is 6.80. The molecule has 1 nitrogen and oxygen atoms in total. The van der Waals surface area contributed by atoms with E-state index in [1.165, 1.54) is 20.6 Å². The number of terminal acetylenes is 1. The zero-order valence-electron chi connectivity index (χ0n) is 8.51. The molecule has 3 aromatic heterocycles. The van der Waals surface area contributed by atoms with Crippen molar-refractivity contribution >= 4 is 39.5 Å². The normalized spacial score (nSPS) is 10.9. The van der Waals surface area contributed by atoms with Crippen LogP contribution in [-0.2, 0) is 0 Å². The highest BCUT2D eigenvalue weighted by Gasteiger charge is 2.09. The van der Waals surface area contributed by atoms with Crippen LogP contribution in [0.1, 0.15) is 0 Å². The minimum Gasteiger partial charge on any atom is -0.315 e. The van der Waals surface area contributed by atoms with Crippen molar-refractivity contribution in [2.45, 2.75) is 4.21 Å². The second kappa shape index (κ2) is 3.89. The predicted octanol–water partition coefficient (Wildman–Crippen LogP) is 3.88. The maximum atomic E-state index is 5.30. The lowest BCUT2D eigenvalue weighted by atomic mass is 10.4. The summed E-state index contributed by atoms with van der Waals surface area (Å²) in [5, 5.41) is 3.50. The Bertz CT molecular complexity index is 685. The molecule has 0 fully saturated rings. The molecule has 3 heteroatoms. The van der Waals surface area contributed by atoms with Gasteiger partial charge in [0, 0.05) is 22.5 Å². The van der Waals surface area contributed by atoms with E-state index in [4.69, 9.17) is 6.42 Å². The molecule has 0 saturated heterocycles. The Hall–Kier alpha value is -1.37. The van der Waals surface area contributed by atoms with E-state index in [1.54, 1.807) is 23.1 Å². The topological polar surface area (TPSA) is 4.41 Å². The lowest BCUT2D eigenvalue weighted by Crippen LogP contribution is -1.81. The fourth-order valence-corrected chi connectivity index (χ4v) is 3.73. The van der Waals surface area contributed by atoms with Crippen LogP contribution in [0.5, 0.6) is 0 Å². The van der Waals surface area contributed by atoms with Crippen LogP contribution in [0.25, 0.3) is 16.4 Å². The summed E-state index contributed by atoms with van der Waals surface area (Å²) >= 11 is 3.51. The molecule has 0 spiro atoms. The Kier molecular flexibility index (Phi) is 2.39. The van der Waals surface area contributed by atoms with Crippen molar-refractivity contribution in [1.82, 2.24) is 4.40 Å². The van der Waals surface area contributed by atoms with Gasteiger partial charge in [0.2, 0.25) is 0 Å². The molecular formula is C13H9NS2. The van der Waals surface area contributed by atoms with Crippen LogP contribution in [0.3, 0.4) is 0 Å². The zero-order valence-corrected chi connectivity index (χ0v) is 10.1. The summed E-state index contributed by atoms with van der Waals surface area (Å²) in [5.41, 5.74) is 2.53. The number of thiophene rings is 1. The molecule has 0 atom stereocenters. The quantitative estimate of drug-likeness (QED) is 0.488. The molecule has 0 aliphatic heterocycles. The summed E-state index contributed by atoms with van der Waals surface area (Å²) in [4.78, 5) is 0. The Morgan fingerprint density at radius 3 is 3.25 bits per heavy atom. The molecule has 78 valence electrons. The Morgan fingerprint density at radius 2 is 2.38 bits per heavy atom. The van der Waals surface area contributed by atoms with Gasteiger partial charge in [-0.25, -0.2) is 0 Å². The third-order valence-electron chi connectivity index (χ3n) is 2.48. The molecule has 0 radical (unpaired) electrons. The first-order valence-electron chi connectivity index (χ1n) is 4.93. The third-order valence-corrected chi connectivity index (χ3v) is 4.67. The Labute approximate surface area is 102 Å². The van der Waals surface area contributed by atoms with Crippen molar-refractivity contribution in [3.8, 4) is 12.3 Å². The molecule has 0 saturated carbocycles. The Morgan fingerprint density at radius 1 is 1.44 bits per heavy atom. The average molecular weight is 243 g/mol. The van der Waals surface area contributed by atoms with Crippen LogP contribution in [0.15, 0.2) is 40.1 Å². The highest BCUT2D eigenvalue weighted by atomic mass is 32.2. The average Bonchev–Trinajstić information content (AvgIpc) is 2.85. The molecule has 3 aromatic rings. The lowest BCUT2D eigenvalue weighted by molar-refractivity contribution is 1.24. The molecule has 0 unspecified atom stereocenters. The van der Waals surface area contributed by atoms with Crippen molar-refractivity contribution in [1.29, 1.82) is 0 Å². The van der Waals surface area contributed by atoms with Crippen LogP contribution in [0, 0.1) is 12.3 Å². The van der Waals surface area contributed by atoms with Crippen LogP contribution in [0.2, 0.25) is 0 Å². The van der Waals surface area contributed by atoms with Gasteiger partial charge in [-0.05, 0) is 18.2 Å². The molecule has 0 aliphatic carbocycles. The first kappa shape index (κ1) is 9.83. The largest absolute Gasteiger partial charge is 0.315 e. The number of pyridine rings is 1. The van der Waals surface area contributed by atoms with Gasteiger partial charge in [-0.2, -0.15) is 0 Å². The van der Waals surface area contributed by atoms with Crippen LogP contribution < -0.4 is 0 Å². The standard InChI is InChI=1S/C13H9NS2/c1-2-7-15-13-12-10(9-16-13)8-11-5-3-4-6-14(11)12/h1,3-6,8-9H,7H2. The molecule has 16 heavy (non-hydrogen) atoms. The van der Waals surface area contributed by atoms with Gasteiger partial charge in [0.25, 0.3) is 0 Å². The fraction of sp³-hybridized carbons (Fsp3) is 0.0769. The maximum Gasteiger partial charge on any atom is 0.0855 e. The van der Waals surface area contributed by atoms with E-state index in [0.717, 1.165) is 5.75 Å². The van der Waals surface area contributed by atoms with Gasteiger partial charge < -0.3 is 4.40 Å². The van der Waals surface area contributed by atoms with E-state index in [-0.39, 0.29) is 0 Å². The molecule has 0 aromatic carbocycles. The number of nitrogens with zero attached hydrogens (tertiary/aromatic N) is 1. The molecule has 3 rings (SSSR count). The minimum atomic E-state index is 0.732. The molecule has 0 N–H and O–H groups in total. The van der Waals surface area contributed by atoms with Crippen molar-refractivity contribution in [2.24, 2.45) is 0 Å². The highest BCUT2D eigenvalue weighted by Crippen LogP contribution is 2.35. The lowest BCUT2D eigenvalue weighted by Gasteiger charge is -1.97. The molecule has 0 aliphatic rings. The first-order chi connectivity index (χ1) is 7.90. The molecule has 0 amide bonds. The van der Waals surface area contributed by atoms with Gasteiger partial charge in [0.1, 0.15) is 0 Å². The monoisotopic (exact) mass is 243 g/mol. The van der Waals surface area contributed by atoms with Gasteiger partial charge in [0.15, 0.2) is 0 Å². The number of fused-ring (bicyclic) bond motifs is 3. The van der Waals surface area contributed by atoms with Crippen molar-refractivity contribution in [2.75, 3.05) is 5.75 Å². The second-order valence-electron chi connectivity index (χ2n) is 3.46. The van der Waals surface area contributed by atoms with E-state index in [9.17, 15) is 0 Å². The number of thioether (sulfide) groups is 1. The summed E-state index contributed by atoms with van der Waals surface area (Å²) in [7, 11) is 0. The predicted molar refractivity (Wildman–Crippen MR) is 72.3 cm³/mol. The maximum absolute atomic E-state index is 5.30. The molecule has 3 heterocycles. The summed E-state index contributed by atoms with van der Waals surface area (Å²) < 4.78 is 3.53.